The molecule has 0 spiro atoms. The van der Waals surface area contributed by atoms with Gasteiger partial charge in [0.15, 0.2) is 0 Å². The molecule has 1 aromatic rings. The van der Waals surface area contributed by atoms with Gasteiger partial charge in [-0.15, -0.1) is 0 Å². The molecule has 4 rings (SSSR count). The quantitative estimate of drug-likeness (QED) is 0.746. The van der Waals surface area contributed by atoms with Crippen molar-refractivity contribution in [1.82, 2.24) is 15.3 Å². The lowest BCUT2D eigenvalue weighted by atomic mass is 10.0. The van der Waals surface area contributed by atoms with Crippen LogP contribution in [0.5, 0.6) is 0 Å². The molecule has 3 aliphatic rings. The van der Waals surface area contributed by atoms with Gasteiger partial charge in [0.25, 0.3) is 0 Å². The van der Waals surface area contributed by atoms with Gasteiger partial charge in [-0.3, -0.25) is 4.79 Å². The Kier molecular flexibility index (Phi) is 3.78. The van der Waals surface area contributed by atoms with Crippen molar-refractivity contribution < 1.29 is 14.6 Å². The molecule has 3 fully saturated rings. The van der Waals surface area contributed by atoms with E-state index in [1.807, 2.05) is 15.9 Å². The van der Waals surface area contributed by atoms with Crippen LogP contribution in [0, 0.1) is 0 Å². The van der Waals surface area contributed by atoms with Crippen LogP contribution >= 0.6 is 0 Å². The van der Waals surface area contributed by atoms with Gasteiger partial charge in [0, 0.05) is 44.8 Å². The summed E-state index contributed by atoms with van der Waals surface area (Å²) in [6.45, 7) is 4.25. The second-order valence-corrected chi connectivity index (χ2v) is 6.34. The fourth-order valence-electron chi connectivity index (χ4n) is 3.17. The molecule has 0 aromatic carbocycles. The minimum atomic E-state index is -0.304. The molecule has 1 aromatic heterocycles. The van der Waals surface area contributed by atoms with E-state index >= 15 is 0 Å². The highest BCUT2D eigenvalue weighted by molar-refractivity contribution is 5.82. The largest absolute Gasteiger partial charge is 0.389 e. The number of amides is 1. The molecular formula is C15H21N5O3. The number of aliphatic hydroxyl groups is 1. The van der Waals surface area contributed by atoms with Gasteiger partial charge in [-0.25, -0.2) is 4.98 Å². The molecular weight excluding hydrogens is 298 g/mol. The highest BCUT2D eigenvalue weighted by Gasteiger charge is 2.30. The van der Waals surface area contributed by atoms with Crippen LogP contribution in [0.15, 0.2) is 6.07 Å². The summed E-state index contributed by atoms with van der Waals surface area (Å²) < 4.78 is 5.48. The summed E-state index contributed by atoms with van der Waals surface area (Å²) in [7, 11) is 0. The van der Waals surface area contributed by atoms with E-state index in [4.69, 9.17) is 4.74 Å². The minimum absolute atomic E-state index is 0.0153. The number of hydrogen-bond donors (Lipinski definition) is 2. The van der Waals surface area contributed by atoms with E-state index in [9.17, 15) is 9.90 Å². The lowest BCUT2D eigenvalue weighted by molar-refractivity contribution is -0.120. The van der Waals surface area contributed by atoms with Gasteiger partial charge in [-0.2, -0.15) is 4.98 Å². The molecule has 0 unspecified atom stereocenters. The second-order valence-electron chi connectivity index (χ2n) is 6.34. The number of β-amino-alcohol motifs (C(OH)–C–C–N with tert-alkyl or cyclic N) is 1. The molecule has 0 bridgehead atoms. The van der Waals surface area contributed by atoms with Crippen molar-refractivity contribution in [3.05, 3.63) is 11.8 Å². The maximum Gasteiger partial charge on any atom is 0.239 e. The first-order valence-corrected chi connectivity index (χ1v) is 8.10. The lowest BCUT2D eigenvalue weighted by Gasteiger charge is -2.37. The number of carbonyl (C=O) groups excluding carboxylic acids is 1. The van der Waals surface area contributed by atoms with Crippen LogP contribution in [0.3, 0.4) is 0 Å². The number of nitrogens with one attached hydrogen (secondary N) is 1. The normalized spacial score (nSPS) is 25.4. The molecule has 23 heavy (non-hydrogen) atoms. The molecule has 1 atom stereocenters. The highest BCUT2D eigenvalue weighted by atomic mass is 16.5. The van der Waals surface area contributed by atoms with Gasteiger partial charge < -0.3 is 25.0 Å². The Morgan fingerprint density at radius 3 is 2.87 bits per heavy atom. The number of piperazine rings is 1. The number of ether oxygens (including phenoxy) is 1. The van der Waals surface area contributed by atoms with Crippen molar-refractivity contribution in [2.24, 2.45) is 0 Å². The second kappa shape index (κ2) is 5.93. The number of aromatic nitrogens is 2. The Morgan fingerprint density at radius 2 is 2.17 bits per heavy atom. The molecule has 3 aliphatic heterocycles. The average molecular weight is 319 g/mol. The molecule has 3 saturated heterocycles. The van der Waals surface area contributed by atoms with Crippen molar-refractivity contribution in [3.8, 4) is 0 Å². The van der Waals surface area contributed by atoms with Gasteiger partial charge in [-0.05, 0) is 6.42 Å². The molecule has 0 aliphatic carbocycles. The molecule has 124 valence electrons. The summed E-state index contributed by atoms with van der Waals surface area (Å²) >= 11 is 0. The van der Waals surface area contributed by atoms with Crippen molar-refractivity contribution in [2.45, 2.75) is 18.4 Å². The summed E-state index contributed by atoms with van der Waals surface area (Å²) in [5, 5.41) is 12.4. The average Bonchev–Trinajstić information content (AvgIpc) is 3.06. The molecule has 8 nitrogen and oxygen atoms in total. The van der Waals surface area contributed by atoms with Gasteiger partial charge in [0.1, 0.15) is 5.82 Å². The zero-order chi connectivity index (χ0) is 15.8. The van der Waals surface area contributed by atoms with Crippen LogP contribution < -0.4 is 15.1 Å². The molecule has 0 saturated carbocycles. The number of rotatable bonds is 3. The Balaban J connectivity index is 1.64. The number of carbonyl (C=O) groups is 1. The highest BCUT2D eigenvalue weighted by Crippen LogP contribution is 2.29. The third kappa shape index (κ3) is 2.96. The zero-order valence-electron chi connectivity index (χ0n) is 12.9. The maximum atomic E-state index is 11.7. The summed E-state index contributed by atoms with van der Waals surface area (Å²) in [6.07, 6.45) is 0.653. The number of anilines is 2. The van der Waals surface area contributed by atoms with E-state index in [-0.39, 0.29) is 17.9 Å². The van der Waals surface area contributed by atoms with Crippen molar-refractivity contribution in [3.63, 3.8) is 0 Å². The first kappa shape index (κ1) is 14.6. The van der Waals surface area contributed by atoms with E-state index in [1.165, 1.54) is 0 Å². The van der Waals surface area contributed by atoms with Crippen LogP contribution in [-0.2, 0) is 9.53 Å². The maximum absolute atomic E-state index is 11.7. The van der Waals surface area contributed by atoms with Crippen LogP contribution in [0.25, 0.3) is 0 Å². The van der Waals surface area contributed by atoms with E-state index < -0.39 is 0 Å². The fraction of sp³-hybridized carbons (Fsp3) is 0.667. The topological polar surface area (TPSA) is 90.8 Å². The van der Waals surface area contributed by atoms with E-state index in [0.717, 1.165) is 31.1 Å². The summed E-state index contributed by atoms with van der Waals surface area (Å²) in [6, 6.07) is 1.98. The number of aliphatic hydroxyl groups excluding tert-OH is 1. The Bertz CT molecular complexity index is 599. The third-order valence-corrected chi connectivity index (χ3v) is 4.58. The molecule has 8 heteroatoms. The van der Waals surface area contributed by atoms with Crippen LogP contribution in [0.2, 0.25) is 0 Å². The lowest BCUT2D eigenvalue weighted by Crippen LogP contribution is -2.52. The molecule has 0 radical (unpaired) electrons. The SMILES string of the molecule is O=C1CN(c2cc([C@@H]3CCOC3)nc(N3CC(O)C3)n2)CCN1. The summed E-state index contributed by atoms with van der Waals surface area (Å²) in [4.78, 5) is 24.9. The minimum Gasteiger partial charge on any atom is -0.389 e. The van der Waals surface area contributed by atoms with Crippen LogP contribution in [0.1, 0.15) is 18.0 Å². The van der Waals surface area contributed by atoms with Gasteiger partial charge in [0.05, 0.1) is 24.9 Å². The smallest absolute Gasteiger partial charge is 0.239 e. The molecule has 1 amide bonds. The molecule has 2 N–H and O–H groups in total. The first-order valence-electron chi connectivity index (χ1n) is 8.10. The van der Waals surface area contributed by atoms with Crippen LogP contribution in [-0.4, -0.2) is 73.0 Å². The van der Waals surface area contributed by atoms with Crippen molar-refractivity contribution in [1.29, 1.82) is 0 Å². The summed E-state index contributed by atoms with van der Waals surface area (Å²) in [5.41, 5.74) is 0.967. The Hall–Kier alpha value is -1.93. The number of hydrogen-bond acceptors (Lipinski definition) is 7. The monoisotopic (exact) mass is 319 g/mol. The van der Waals surface area contributed by atoms with E-state index in [1.54, 1.807) is 0 Å². The Labute approximate surface area is 134 Å². The standard InChI is InChI=1S/C15H21N5O3/c21-11-6-20(7-11)15-17-12(10-1-4-23-9-10)5-13(18-15)19-3-2-16-14(22)8-19/h5,10-11,21H,1-4,6-9H2,(H,16,22)/t10-/m1/s1. The van der Waals surface area contributed by atoms with Gasteiger partial charge in [0.2, 0.25) is 11.9 Å². The van der Waals surface area contributed by atoms with Crippen molar-refractivity contribution >= 4 is 17.7 Å². The molecule has 4 heterocycles. The van der Waals surface area contributed by atoms with Crippen LogP contribution in [0.4, 0.5) is 11.8 Å². The van der Waals surface area contributed by atoms with Gasteiger partial charge in [-0.1, -0.05) is 0 Å². The predicted molar refractivity (Wildman–Crippen MR) is 83.7 cm³/mol. The van der Waals surface area contributed by atoms with E-state index in [2.05, 4.69) is 15.3 Å². The van der Waals surface area contributed by atoms with E-state index in [0.29, 0.717) is 38.7 Å². The van der Waals surface area contributed by atoms with Gasteiger partial charge >= 0.3 is 0 Å². The zero-order valence-corrected chi connectivity index (χ0v) is 12.9. The first-order chi connectivity index (χ1) is 11.2. The predicted octanol–water partition coefficient (Wildman–Crippen LogP) is -0.902. The Morgan fingerprint density at radius 1 is 1.30 bits per heavy atom. The third-order valence-electron chi connectivity index (χ3n) is 4.58. The van der Waals surface area contributed by atoms with Crippen molar-refractivity contribution in [2.75, 3.05) is 55.7 Å². The fourth-order valence-corrected chi connectivity index (χ4v) is 3.17. The summed E-state index contributed by atoms with van der Waals surface area (Å²) in [5.74, 6) is 1.72. The number of nitrogens with zero attached hydrogens (tertiary/aromatic N) is 4.